The minimum atomic E-state index is -0.168. The molecular weight excluding hydrogens is 380 g/mol. The third kappa shape index (κ3) is 4.26. The van der Waals surface area contributed by atoms with E-state index >= 15 is 0 Å². The Hall–Kier alpha value is -2.65. The van der Waals surface area contributed by atoms with Crippen LogP contribution in [-0.2, 0) is 16.1 Å². The molecule has 2 aromatic heterocycles. The van der Waals surface area contributed by atoms with Gasteiger partial charge in [-0.3, -0.25) is 14.2 Å². The van der Waals surface area contributed by atoms with E-state index in [4.69, 9.17) is 21.7 Å². The first-order chi connectivity index (χ1) is 13.5. The van der Waals surface area contributed by atoms with E-state index in [9.17, 15) is 9.59 Å². The third-order valence-electron chi connectivity index (χ3n) is 4.61. The normalized spacial score (nSPS) is 11.2. The summed E-state index contributed by atoms with van der Waals surface area (Å²) in [5.41, 5.74) is 1.83. The van der Waals surface area contributed by atoms with Crippen molar-refractivity contribution in [2.75, 3.05) is 27.4 Å². The van der Waals surface area contributed by atoms with Gasteiger partial charge in [0, 0.05) is 37.5 Å². The summed E-state index contributed by atoms with van der Waals surface area (Å²) in [6.45, 7) is 1.45. The van der Waals surface area contributed by atoms with Crippen LogP contribution in [0.3, 0.4) is 0 Å². The standard InChI is InChI=1S/C19H24N4O4S/c1-26-10-8-20-15(24)5-3-4-9-23-18(25)17-16(22-19(23)28)13-11-12(27-2)6-7-14(13)21-17/h6-7,11,21H,3-5,8-10H2,1-2H3,(H,20,24)(H,22,28). The summed E-state index contributed by atoms with van der Waals surface area (Å²) < 4.78 is 12.1. The van der Waals surface area contributed by atoms with Crippen LogP contribution in [-0.4, -0.2) is 47.8 Å². The Morgan fingerprint density at radius 3 is 2.79 bits per heavy atom. The van der Waals surface area contributed by atoms with Crippen LogP contribution < -0.4 is 15.6 Å². The van der Waals surface area contributed by atoms with Gasteiger partial charge in [-0.15, -0.1) is 0 Å². The number of benzene rings is 1. The van der Waals surface area contributed by atoms with Crippen LogP contribution in [0.1, 0.15) is 19.3 Å². The molecule has 150 valence electrons. The molecule has 0 fully saturated rings. The molecule has 0 aliphatic rings. The van der Waals surface area contributed by atoms with Crippen molar-refractivity contribution in [1.82, 2.24) is 19.9 Å². The number of carbonyl (C=O) groups excluding carboxylic acids is 1. The van der Waals surface area contributed by atoms with Crippen molar-refractivity contribution in [2.45, 2.75) is 25.8 Å². The molecule has 0 saturated carbocycles. The van der Waals surface area contributed by atoms with Gasteiger partial charge in [0.25, 0.3) is 5.56 Å². The lowest BCUT2D eigenvalue weighted by Crippen LogP contribution is -2.27. The highest BCUT2D eigenvalue weighted by Crippen LogP contribution is 2.25. The smallest absolute Gasteiger partial charge is 0.278 e. The molecular formula is C19H24N4O4S. The van der Waals surface area contributed by atoms with E-state index in [1.807, 2.05) is 18.2 Å². The molecule has 0 atom stereocenters. The second kappa shape index (κ2) is 9.03. The van der Waals surface area contributed by atoms with Crippen molar-refractivity contribution in [3.05, 3.63) is 33.3 Å². The zero-order valence-electron chi connectivity index (χ0n) is 16.0. The number of methoxy groups -OCH3 is 2. The van der Waals surface area contributed by atoms with E-state index in [0.29, 0.717) is 60.5 Å². The van der Waals surface area contributed by atoms with Gasteiger partial charge in [0.15, 0.2) is 4.77 Å². The molecule has 0 saturated heterocycles. The molecule has 3 aromatic rings. The van der Waals surface area contributed by atoms with E-state index in [-0.39, 0.29) is 11.5 Å². The molecule has 0 spiro atoms. The number of aromatic nitrogens is 3. The number of unbranched alkanes of at least 4 members (excludes halogenated alkanes) is 1. The Morgan fingerprint density at radius 2 is 2.04 bits per heavy atom. The zero-order chi connectivity index (χ0) is 20.1. The summed E-state index contributed by atoms with van der Waals surface area (Å²) in [6.07, 6.45) is 1.75. The minimum absolute atomic E-state index is 0.0189. The maximum Gasteiger partial charge on any atom is 0.278 e. The largest absolute Gasteiger partial charge is 0.497 e. The number of carbonyl (C=O) groups is 1. The molecule has 0 aliphatic carbocycles. The Morgan fingerprint density at radius 1 is 1.21 bits per heavy atom. The maximum atomic E-state index is 12.9. The second-order valence-corrected chi connectivity index (χ2v) is 6.86. The molecule has 3 rings (SSSR count). The number of nitrogens with zero attached hydrogens (tertiary/aromatic N) is 1. The highest BCUT2D eigenvalue weighted by atomic mass is 32.1. The monoisotopic (exact) mass is 404 g/mol. The van der Waals surface area contributed by atoms with Gasteiger partial charge in [-0.05, 0) is 43.3 Å². The Bertz CT molecular complexity index is 1100. The van der Waals surface area contributed by atoms with Gasteiger partial charge >= 0.3 is 0 Å². The first-order valence-electron chi connectivity index (χ1n) is 9.13. The van der Waals surface area contributed by atoms with Gasteiger partial charge in [0.1, 0.15) is 11.3 Å². The van der Waals surface area contributed by atoms with E-state index in [1.54, 1.807) is 14.2 Å². The van der Waals surface area contributed by atoms with Crippen molar-refractivity contribution < 1.29 is 14.3 Å². The number of H-pyrrole nitrogens is 2. The topological polar surface area (TPSA) is 101 Å². The predicted octanol–water partition coefficient (Wildman–Crippen LogP) is 2.48. The number of ether oxygens (including phenoxy) is 2. The Kier molecular flexibility index (Phi) is 6.48. The molecule has 0 aliphatic heterocycles. The summed E-state index contributed by atoms with van der Waals surface area (Å²) in [5, 5.41) is 3.64. The van der Waals surface area contributed by atoms with Crippen LogP contribution in [0.2, 0.25) is 0 Å². The number of nitrogens with one attached hydrogen (secondary N) is 3. The summed E-state index contributed by atoms with van der Waals surface area (Å²) in [6, 6.07) is 5.57. The van der Waals surface area contributed by atoms with Gasteiger partial charge in [0.05, 0.1) is 19.2 Å². The maximum absolute atomic E-state index is 12.9. The second-order valence-electron chi connectivity index (χ2n) is 6.47. The van der Waals surface area contributed by atoms with E-state index < -0.39 is 0 Å². The van der Waals surface area contributed by atoms with E-state index in [2.05, 4.69) is 15.3 Å². The molecule has 1 amide bonds. The number of rotatable bonds is 9. The lowest BCUT2D eigenvalue weighted by molar-refractivity contribution is -0.121. The highest BCUT2D eigenvalue weighted by Gasteiger charge is 2.12. The Labute approximate surface area is 166 Å². The molecule has 1 aromatic carbocycles. The molecule has 8 nitrogen and oxygen atoms in total. The summed E-state index contributed by atoms with van der Waals surface area (Å²) in [5.74, 6) is 0.690. The van der Waals surface area contributed by atoms with Gasteiger partial charge in [-0.2, -0.15) is 0 Å². The lowest BCUT2D eigenvalue weighted by Gasteiger charge is -2.07. The molecule has 0 bridgehead atoms. The highest BCUT2D eigenvalue weighted by molar-refractivity contribution is 7.71. The fraction of sp³-hybridized carbons (Fsp3) is 0.421. The fourth-order valence-corrected chi connectivity index (χ4v) is 3.41. The van der Waals surface area contributed by atoms with Crippen molar-refractivity contribution in [2.24, 2.45) is 0 Å². The number of fused-ring (bicyclic) bond motifs is 3. The van der Waals surface area contributed by atoms with Crippen molar-refractivity contribution in [1.29, 1.82) is 0 Å². The van der Waals surface area contributed by atoms with Crippen molar-refractivity contribution >= 4 is 40.1 Å². The van der Waals surface area contributed by atoms with Gasteiger partial charge < -0.3 is 24.8 Å². The number of aromatic amines is 2. The quantitative estimate of drug-likeness (QED) is 0.376. The summed E-state index contributed by atoms with van der Waals surface area (Å²) >= 11 is 5.40. The predicted molar refractivity (Wildman–Crippen MR) is 111 cm³/mol. The van der Waals surface area contributed by atoms with Crippen molar-refractivity contribution in [3.8, 4) is 5.75 Å². The van der Waals surface area contributed by atoms with Crippen LogP contribution >= 0.6 is 12.2 Å². The molecule has 2 heterocycles. The third-order valence-corrected chi connectivity index (χ3v) is 4.93. The van der Waals surface area contributed by atoms with Crippen LogP contribution in [0.4, 0.5) is 0 Å². The molecule has 28 heavy (non-hydrogen) atoms. The van der Waals surface area contributed by atoms with Crippen molar-refractivity contribution in [3.63, 3.8) is 0 Å². The van der Waals surface area contributed by atoms with E-state index in [1.165, 1.54) is 4.57 Å². The van der Waals surface area contributed by atoms with Gasteiger partial charge in [0.2, 0.25) is 5.91 Å². The Balaban J connectivity index is 1.74. The van der Waals surface area contributed by atoms with E-state index in [0.717, 1.165) is 10.9 Å². The van der Waals surface area contributed by atoms with Crippen LogP contribution in [0.5, 0.6) is 5.75 Å². The average Bonchev–Trinajstić information content (AvgIpc) is 3.05. The fourth-order valence-electron chi connectivity index (χ4n) is 3.13. The average molecular weight is 404 g/mol. The van der Waals surface area contributed by atoms with Crippen LogP contribution in [0, 0.1) is 4.77 Å². The number of amides is 1. The zero-order valence-corrected chi connectivity index (χ0v) is 16.8. The molecule has 3 N–H and O–H groups in total. The van der Waals surface area contributed by atoms with Gasteiger partial charge in [-0.1, -0.05) is 0 Å². The number of hydrogen-bond donors (Lipinski definition) is 3. The minimum Gasteiger partial charge on any atom is -0.497 e. The summed E-state index contributed by atoms with van der Waals surface area (Å²) in [4.78, 5) is 30.9. The lowest BCUT2D eigenvalue weighted by atomic mass is 10.2. The van der Waals surface area contributed by atoms with Crippen LogP contribution in [0.15, 0.2) is 23.0 Å². The summed E-state index contributed by atoms with van der Waals surface area (Å²) in [7, 11) is 3.19. The van der Waals surface area contributed by atoms with Gasteiger partial charge in [-0.25, -0.2) is 0 Å². The molecule has 9 heteroatoms. The molecule has 0 radical (unpaired) electrons. The molecule has 0 unspecified atom stereocenters. The SMILES string of the molecule is COCCNC(=O)CCCCn1c(=S)[nH]c2c([nH]c3ccc(OC)cc32)c1=O. The first-order valence-corrected chi connectivity index (χ1v) is 9.54. The van der Waals surface area contributed by atoms with Crippen LogP contribution in [0.25, 0.3) is 21.9 Å². The first kappa shape index (κ1) is 20.1. The number of hydrogen-bond acceptors (Lipinski definition) is 5.